The smallest absolute Gasteiger partial charge is 0.339 e. The minimum Gasteiger partial charge on any atom is -0.490 e. The molecule has 0 saturated heterocycles. The lowest BCUT2D eigenvalue weighted by Gasteiger charge is -2.19. The van der Waals surface area contributed by atoms with E-state index in [0.717, 1.165) is 12.1 Å². The fraction of sp³-hybridized carbons (Fsp3) is 0.182. The van der Waals surface area contributed by atoms with E-state index < -0.39 is 46.7 Å². The highest BCUT2D eigenvalue weighted by Gasteiger charge is 2.27. The number of rotatable bonds is 10. The molecule has 0 saturated carbocycles. The number of carboxylic acid groups (broad SMARTS) is 2. The Morgan fingerprint density at radius 1 is 0.903 bits per heavy atom. The van der Waals surface area contributed by atoms with Gasteiger partial charge in [0.2, 0.25) is 0 Å². The summed E-state index contributed by atoms with van der Waals surface area (Å²) in [5.41, 5.74) is -1.59. The van der Waals surface area contributed by atoms with Crippen LogP contribution in [0, 0.1) is 0 Å². The summed E-state index contributed by atoms with van der Waals surface area (Å²) >= 11 is 0. The Morgan fingerprint density at radius 3 is 2.13 bits per heavy atom. The van der Waals surface area contributed by atoms with Gasteiger partial charge >= 0.3 is 23.9 Å². The van der Waals surface area contributed by atoms with Crippen LogP contribution in [0.4, 0.5) is 0 Å². The lowest BCUT2D eigenvalue weighted by molar-refractivity contribution is -0.142. The molecular weight excluding hydrogens is 408 g/mol. The Kier molecular flexibility index (Phi) is 7.90. The highest BCUT2D eigenvalue weighted by atomic mass is 16.6. The van der Waals surface area contributed by atoms with Gasteiger partial charge in [0.25, 0.3) is 0 Å². The second kappa shape index (κ2) is 10.6. The Morgan fingerprint density at radius 2 is 1.55 bits per heavy atom. The van der Waals surface area contributed by atoms with Gasteiger partial charge in [-0.25, -0.2) is 19.2 Å². The summed E-state index contributed by atoms with van der Waals surface area (Å²) in [6, 6.07) is 12.0. The summed E-state index contributed by atoms with van der Waals surface area (Å²) in [6.07, 6.45) is -1.11. The number of carbonyl (C=O) groups is 4. The zero-order valence-corrected chi connectivity index (χ0v) is 16.6. The van der Waals surface area contributed by atoms with Gasteiger partial charge in [-0.15, -0.1) is 0 Å². The summed E-state index contributed by atoms with van der Waals surface area (Å²) in [5, 5.41) is 18.6. The molecule has 1 atom stereocenters. The van der Waals surface area contributed by atoms with Gasteiger partial charge in [-0.3, -0.25) is 0 Å². The number of hydrogen-bond acceptors (Lipinski definition) is 7. The predicted octanol–water partition coefficient (Wildman–Crippen LogP) is 2.81. The third-order valence-corrected chi connectivity index (χ3v) is 3.93. The molecule has 2 rings (SSSR count). The molecule has 9 nitrogen and oxygen atoms in total. The van der Waals surface area contributed by atoms with Crippen LogP contribution >= 0.6 is 0 Å². The second-order valence-corrected chi connectivity index (χ2v) is 6.37. The molecule has 2 aromatic carbocycles. The fourth-order valence-corrected chi connectivity index (χ4v) is 2.46. The third kappa shape index (κ3) is 6.43. The van der Waals surface area contributed by atoms with Crippen LogP contribution in [0.1, 0.15) is 38.0 Å². The van der Waals surface area contributed by atoms with E-state index in [1.165, 1.54) is 13.0 Å². The Bertz CT molecular complexity index is 995. The first-order valence-corrected chi connectivity index (χ1v) is 9.01. The van der Waals surface area contributed by atoms with E-state index in [0.29, 0.717) is 5.75 Å². The molecule has 0 amide bonds. The molecule has 0 spiro atoms. The highest BCUT2D eigenvalue weighted by Crippen LogP contribution is 2.18. The molecule has 0 heterocycles. The van der Waals surface area contributed by atoms with Gasteiger partial charge in [-0.1, -0.05) is 30.8 Å². The number of aromatic carboxylic acids is 2. The monoisotopic (exact) mass is 428 g/mol. The van der Waals surface area contributed by atoms with Crippen molar-refractivity contribution in [2.75, 3.05) is 13.2 Å². The molecule has 162 valence electrons. The molecule has 31 heavy (non-hydrogen) atoms. The van der Waals surface area contributed by atoms with Crippen LogP contribution in [0.2, 0.25) is 0 Å². The predicted molar refractivity (Wildman–Crippen MR) is 107 cm³/mol. The molecule has 0 bridgehead atoms. The molecule has 0 radical (unpaired) electrons. The van der Waals surface area contributed by atoms with E-state index in [-0.39, 0.29) is 18.8 Å². The first-order valence-electron chi connectivity index (χ1n) is 9.01. The maximum absolute atomic E-state index is 12.7. The van der Waals surface area contributed by atoms with Gasteiger partial charge in [0, 0.05) is 5.57 Å². The molecule has 9 heteroatoms. The van der Waals surface area contributed by atoms with Crippen molar-refractivity contribution in [2.24, 2.45) is 0 Å². The van der Waals surface area contributed by atoms with Crippen molar-refractivity contribution in [3.63, 3.8) is 0 Å². The number of carbonyl (C=O) groups excluding carboxylic acids is 2. The third-order valence-electron chi connectivity index (χ3n) is 3.93. The lowest BCUT2D eigenvalue weighted by atomic mass is 10.0. The largest absolute Gasteiger partial charge is 0.490 e. The van der Waals surface area contributed by atoms with Gasteiger partial charge < -0.3 is 24.4 Å². The van der Waals surface area contributed by atoms with E-state index in [2.05, 4.69) is 6.58 Å². The normalized spacial score (nSPS) is 11.1. The molecular formula is C22H20O9. The standard InChI is InChI=1S/C22H20O9/c1-13(2)21(27)30-12-15(11-29-14-7-4-3-5-8-14)31-22(28)17-10-6-9-16(19(23)24)18(17)20(25)26/h3-10,15H,1,11-12H2,2H3,(H,23,24)(H,25,26). The minimum atomic E-state index is -1.60. The summed E-state index contributed by atoms with van der Waals surface area (Å²) in [4.78, 5) is 47.2. The second-order valence-electron chi connectivity index (χ2n) is 6.37. The van der Waals surface area contributed by atoms with Gasteiger partial charge in [-0.2, -0.15) is 0 Å². The molecule has 2 N–H and O–H groups in total. The van der Waals surface area contributed by atoms with Crippen LogP contribution < -0.4 is 4.74 Å². The van der Waals surface area contributed by atoms with Crippen molar-refractivity contribution >= 4 is 23.9 Å². The fourth-order valence-electron chi connectivity index (χ4n) is 2.46. The first kappa shape index (κ1) is 23.1. The topological polar surface area (TPSA) is 136 Å². The van der Waals surface area contributed by atoms with Crippen LogP contribution in [0.15, 0.2) is 60.7 Å². The van der Waals surface area contributed by atoms with E-state index in [1.54, 1.807) is 30.3 Å². The zero-order valence-electron chi connectivity index (χ0n) is 16.6. The van der Waals surface area contributed by atoms with E-state index in [9.17, 15) is 29.4 Å². The Hall–Kier alpha value is -4.14. The van der Waals surface area contributed by atoms with E-state index >= 15 is 0 Å². The molecule has 0 fully saturated rings. The number of ether oxygens (including phenoxy) is 3. The molecule has 0 aliphatic heterocycles. The first-order chi connectivity index (χ1) is 14.7. The number of benzene rings is 2. The van der Waals surface area contributed by atoms with E-state index in [4.69, 9.17) is 14.2 Å². The van der Waals surface area contributed by atoms with Crippen LogP contribution in [-0.2, 0) is 14.3 Å². The lowest BCUT2D eigenvalue weighted by Crippen LogP contribution is -2.32. The van der Waals surface area contributed by atoms with Crippen molar-refractivity contribution in [3.05, 3.63) is 77.4 Å². The number of esters is 2. The van der Waals surface area contributed by atoms with Crippen molar-refractivity contribution < 1.29 is 43.6 Å². The Labute approximate surface area is 177 Å². The van der Waals surface area contributed by atoms with Gasteiger partial charge in [0.15, 0.2) is 6.10 Å². The number of hydrogen-bond donors (Lipinski definition) is 2. The summed E-state index contributed by atoms with van der Waals surface area (Å²) in [6.45, 7) is 4.31. The zero-order chi connectivity index (χ0) is 23.0. The van der Waals surface area contributed by atoms with Crippen LogP contribution in [-0.4, -0.2) is 53.4 Å². The summed E-state index contributed by atoms with van der Waals surface area (Å²) in [5.74, 6) is -4.45. The Balaban J connectivity index is 2.24. The average Bonchev–Trinajstić information content (AvgIpc) is 2.75. The van der Waals surface area contributed by atoms with E-state index in [1.807, 2.05) is 0 Å². The van der Waals surface area contributed by atoms with Crippen LogP contribution in [0.25, 0.3) is 0 Å². The number of para-hydroxylation sites is 1. The maximum Gasteiger partial charge on any atom is 0.339 e. The summed E-state index contributed by atoms with van der Waals surface area (Å²) < 4.78 is 15.8. The van der Waals surface area contributed by atoms with Crippen molar-refractivity contribution in [2.45, 2.75) is 13.0 Å². The van der Waals surface area contributed by atoms with Crippen molar-refractivity contribution in [1.82, 2.24) is 0 Å². The SMILES string of the molecule is C=C(C)C(=O)OCC(COc1ccccc1)OC(=O)c1cccc(C(=O)O)c1C(=O)O. The summed E-state index contributed by atoms with van der Waals surface area (Å²) in [7, 11) is 0. The van der Waals surface area contributed by atoms with Crippen molar-refractivity contribution in [1.29, 1.82) is 0 Å². The molecule has 2 aromatic rings. The maximum atomic E-state index is 12.7. The van der Waals surface area contributed by atoms with Gasteiger partial charge in [0.05, 0.1) is 16.7 Å². The molecule has 0 aromatic heterocycles. The number of carboxylic acids is 2. The molecule has 0 aliphatic rings. The highest BCUT2D eigenvalue weighted by molar-refractivity contribution is 6.09. The van der Waals surface area contributed by atoms with Crippen LogP contribution in [0.5, 0.6) is 5.75 Å². The quantitative estimate of drug-likeness (QED) is 0.432. The van der Waals surface area contributed by atoms with Crippen molar-refractivity contribution in [3.8, 4) is 5.75 Å². The van der Waals surface area contributed by atoms with Gasteiger partial charge in [-0.05, 0) is 31.2 Å². The average molecular weight is 428 g/mol. The molecule has 1 unspecified atom stereocenters. The van der Waals surface area contributed by atoms with Crippen LogP contribution in [0.3, 0.4) is 0 Å². The minimum absolute atomic E-state index is 0.136. The van der Waals surface area contributed by atoms with Gasteiger partial charge in [0.1, 0.15) is 19.0 Å². The molecule has 0 aliphatic carbocycles.